The normalized spacial score (nSPS) is 12.6. The quantitative estimate of drug-likeness (QED) is 0.449. The number of nitrogens with one attached hydrogen (secondary N) is 1. The van der Waals surface area contributed by atoms with Crippen LogP contribution in [0.3, 0.4) is 0 Å². The molecule has 0 atom stereocenters. The summed E-state index contributed by atoms with van der Waals surface area (Å²) in [6.07, 6.45) is -2.88. The van der Waals surface area contributed by atoms with Crippen molar-refractivity contribution in [3.63, 3.8) is 0 Å². The molecule has 0 amide bonds. The summed E-state index contributed by atoms with van der Waals surface area (Å²) in [4.78, 5) is 7.69. The average molecular weight is 353 g/mol. The van der Waals surface area contributed by atoms with E-state index in [2.05, 4.69) is 29.1 Å². The third-order valence-corrected chi connectivity index (χ3v) is 3.04. The Morgan fingerprint density at radius 1 is 1.48 bits per heavy atom. The number of hydrogen-bond donors (Lipinski definition) is 2. The number of ether oxygens (including phenoxy) is 1. The molecule has 5 nitrogen and oxygen atoms in total. The SMILES string of the molecule is CC(C)CCN=C(N)NCCOc1ncc(C(F)(F)F)cc1Cl. The molecular formula is C14H20ClF3N4O. The summed E-state index contributed by atoms with van der Waals surface area (Å²) in [5.74, 6) is 0.778. The van der Waals surface area contributed by atoms with E-state index in [1.165, 1.54) is 0 Å². The number of halogens is 4. The Kier molecular flexibility index (Phi) is 7.41. The molecule has 0 fully saturated rings. The van der Waals surface area contributed by atoms with Gasteiger partial charge in [-0.25, -0.2) is 4.98 Å². The standard InChI is InChI=1S/C14H20ClF3N4O/c1-9(2)3-4-20-13(19)21-5-6-23-12-11(15)7-10(8-22-12)14(16,17)18/h7-9H,3-6H2,1-2H3,(H3,19,20,21). The van der Waals surface area contributed by atoms with E-state index in [-0.39, 0.29) is 17.5 Å². The summed E-state index contributed by atoms with van der Waals surface area (Å²) in [6.45, 7) is 5.28. The average Bonchev–Trinajstić information content (AvgIpc) is 2.43. The van der Waals surface area contributed by atoms with E-state index in [1.54, 1.807) is 0 Å². The van der Waals surface area contributed by atoms with E-state index in [9.17, 15) is 13.2 Å². The highest BCUT2D eigenvalue weighted by molar-refractivity contribution is 6.31. The Labute approximate surface area is 138 Å². The molecule has 0 aromatic carbocycles. The molecule has 0 aliphatic carbocycles. The molecule has 3 N–H and O–H groups in total. The van der Waals surface area contributed by atoms with Crippen LogP contribution in [-0.2, 0) is 6.18 Å². The van der Waals surface area contributed by atoms with Crippen molar-refractivity contribution in [2.24, 2.45) is 16.6 Å². The van der Waals surface area contributed by atoms with Gasteiger partial charge in [0.1, 0.15) is 11.6 Å². The predicted octanol–water partition coefficient (Wildman–Crippen LogP) is 3.08. The molecular weight excluding hydrogens is 333 g/mol. The van der Waals surface area contributed by atoms with E-state index < -0.39 is 11.7 Å². The lowest BCUT2D eigenvalue weighted by Crippen LogP contribution is -2.35. The van der Waals surface area contributed by atoms with Crippen molar-refractivity contribution in [1.29, 1.82) is 0 Å². The Balaban J connectivity index is 2.39. The Bertz CT molecular complexity index is 535. The van der Waals surface area contributed by atoms with Gasteiger partial charge in [-0.05, 0) is 18.4 Å². The number of nitrogens with zero attached hydrogens (tertiary/aromatic N) is 2. The molecule has 0 saturated heterocycles. The van der Waals surface area contributed by atoms with E-state index in [0.717, 1.165) is 12.5 Å². The molecule has 1 aromatic heterocycles. The highest BCUT2D eigenvalue weighted by Crippen LogP contribution is 2.32. The number of guanidine groups is 1. The number of aliphatic imine (C=N–C) groups is 1. The van der Waals surface area contributed by atoms with Gasteiger partial charge in [0, 0.05) is 12.7 Å². The van der Waals surface area contributed by atoms with Crippen LogP contribution in [0.2, 0.25) is 5.02 Å². The van der Waals surface area contributed by atoms with Crippen LogP contribution in [0.25, 0.3) is 0 Å². The maximum absolute atomic E-state index is 12.5. The second kappa shape index (κ2) is 8.81. The number of rotatable bonds is 7. The largest absolute Gasteiger partial charge is 0.475 e. The number of aromatic nitrogens is 1. The zero-order valence-corrected chi connectivity index (χ0v) is 13.7. The summed E-state index contributed by atoms with van der Waals surface area (Å²) in [5.41, 5.74) is 4.73. The maximum atomic E-state index is 12.5. The number of alkyl halides is 3. The third kappa shape index (κ3) is 7.40. The highest BCUT2D eigenvalue weighted by atomic mass is 35.5. The van der Waals surface area contributed by atoms with Gasteiger partial charge in [-0.3, -0.25) is 4.99 Å². The van der Waals surface area contributed by atoms with Gasteiger partial charge in [0.25, 0.3) is 0 Å². The fraction of sp³-hybridized carbons (Fsp3) is 0.571. The minimum atomic E-state index is -4.49. The summed E-state index contributed by atoms with van der Waals surface area (Å²) >= 11 is 5.72. The van der Waals surface area contributed by atoms with E-state index in [1.807, 2.05) is 0 Å². The molecule has 1 rings (SSSR count). The minimum Gasteiger partial charge on any atom is -0.475 e. The molecule has 0 saturated carbocycles. The monoisotopic (exact) mass is 352 g/mol. The predicted molar refractivity (Wildman–Crippen MR) is 83.7 cm³/mol. The first-order valence-electron chi connectivity index (χ1n) is 7.09. The van der Waals surface area contributed by atoms with Gasteiger partial charge >= 0.3 is 6.18 Å². The molecule has 9 heteroatoms. The summed E-state index contributed by atoms with van der Waals surface area (Å²) in [7, 11) is 0. The van der Waals surface area contributed by atoms with Crippen LogP contribution in [0.1, 0.15) is 25.8 Å². The van der Waals surface area contributed by atoms with Crippen LogP contribution in [0, 0.1) is 5.92 Å². The molecule has 0 spiro atoms. The van der Waals surface area contributed by atoms with Crippen LogP contribution >= 0.6 is 11.6 Å². The lowest BCUT2D eigenvalue weighted by atomic mass is 10.1. The molecule has 0 bridgehead atoms. The van der Waals surface area contributed by atoms with Crippen molar-refractivity contribution in [2.45, 2.75) is 26.4 Å². The first kappa shape index (κ1) is 19.3. The van der Waals surface area contributed by atoms with Crippen molar-refractivity contribution < 1.29 is 17.9 Å². The van der Waals surface area contributed by atoms with Gasteiger partial charge in [-0.2, -0.15) is 13.2 Å². The van der Waals surface area contributed by atoms with E-state index in [0.29, 0.717) is 31.2 Å². The Morgan fingerprint density at radius 2 is 2.17 bits per heavy atom. The Hall–Kier alpha value is -1.70. The zero-order valence-electron chi connectivity index (χ0n) is 13.0. The first-order valence-corrected chi connectivity index (χ1v) is 7.47. The highest BCUT2D eigenvalue weighted by Gasteiger charge is 2.31. The topological polar surface area (TPSA) is 72.5 Å². The van der Waals surface area contributed by atoms with Gasteiger partial charge in [0.05, 0.1) is 12.1 Å². The summed E-state index contributed by atoms with van der Waals surface area (Å²) in [6, 6.07) is 0.777. The van der Waals surface area contributed by atoms with Crippen LogP contribution in [-0.4, -0.2) is 30.6 Å². The smallest absolute Gasteiger partial charge is 0.417 e. The second-order valence-electron chi connectivity index (χ2n) is 5.23. The van der Waals surface area contributed by atoms with Gasteiger partial charge in [0.15, 0.2) is 5.96 Å². The fourth-order valence-corrected chi connectivity index (χ4v) is 1.73. The molecule has 0 radical (unpaired) electrons. The van der Waals surface area contributed by atoms with Crippen LogP contribution in [0.15, 0.2) is 17.3 Å². The Morgan fingerprint density at radius 3 is 2.74 bits per heavy atom. The number of hydrogen-bond acceptors (Lipinski definition) is 3. The zero-order chi connectivity index (χ0) is 17.5. The molecule has 1 heterocycles. The maximum Gasteiger partial charge on any atom is 0.417 e. The van der Waals surface area contributed by atoms with Crippen molar-refractivity contribution >= 4 is 17.6 Å². The number of nitrogens with two attached hydrogens (primary N) is 1. The number of pyridine rings is 1. The van der Waals surface area contributed by atoms with Gasteiger partial charge < -0.3 is 15.8 Å². The minimum absolute atomic E-state index is 0.0585. The first-order chi connectivity index (χ1) is 10.7. The molecule has 1 aromatic rings. The van der Waals surface area contributed by atoms with Crippen molar-refractivity contribution in [3.8, 4) is 5.88 Å². The van der Waals surface area contributed by atoms with E-state index >= 15 is 0 Å². The van der Waals surface area contributed by atoms with Crippen LogP contribution in [0.5, 0.6) is 5.88 Å². The lowest BCUT2D eigenvalue weighted by molar-refractivity contribution is -0.137. The van der Waals surface area contributed by atoms with Crippen molar-refractivity contribution in [1.82, 2.24) is 10.3 Å². The van der Waals surface area contributed by atoms with Gasteiger partial charge in [-0.15, -0.1) is 0 Å². The fourth-order valence-electron chi connectivity index (χ4n) is 1.51. The van der Waals surface area contributed by atoms with Crippen LogP contribution < -0.4 is 15.8 Å². The van der Waals surface area contributed by atoms with Gasteiger partial charge in [-0.1, -0.05) is 25.4 Å². The summed E-state index contributed by atoms with van der Waals surface area (Å²) in [5, 5.41) is 2.64. The molecule has 0 aliphatic rings. The van der Waals surface area contributed by atoms with E-state index in [4.69, 9.17) is 22.1 Å². The van der Waals surface area contributed by atoms with Crippen LogP contribution in [0.4, 0.5) is 13.2 Å². The molecule has 130 valence electrons. The van der Waals surface area contributed by atoms with Gasteiger partial charge in [0.2, 0.25) is 5.88 Å². The van der Waals surface area contributed by atoms with Crippen molar-refractivity contribution in [3.05, 3.63) is 22.8 Å². The molecule has 0 unspecified atom stereocenters. The van der Waals surface area contributed by atoms with Crippen molar-refractivity contribution in [2.75, 3.05) is 19.7 Å². The molecule has 23 heavy (non-hydrogen) atoms. The third-order valence-electron chi connectivity index (χ3n) is 2.77. The summed E-state index contributed by atoms with van der Waals surface area (Å²) < 4.78 is 42.6. The second-order valence-corrected chi connectivity index (χ2v) is 5.64. The molecule has 0 aliphatic heterocycles. The lowest BCUT2D eigenvalue weighted by Gasteiger charge is -2.11.